The number of hydrogen-bond donors (Lipinski definition) is 1. The predicted molar refractivity (Wildman–Crippen MR) is 70.0 cm³/mol. The van der Waals surface area contributed by atoms with Gasteiger partial charge in [0, 0.05) is 17.5 Å². The van der Waals surface area contributed by atoms with E-state index in [2.05, 4.69) is 24.1 Å². The quantitative estimate of drug-likeness (QED) is 0.852. The molecule has 1 aromatic heterocycles. The molecule has 1 saturated carbocycles. The van der Waals surface area contributed by atoms with Crippen molar-refractivity contribution in [2.24, 2.45) is 5.92 Å². The molecular weight excluding hydrogens is 216 g/mol. The summed E-state index contributed by atoms with van der Waals surface area (Å²) in [5.74, 6) is 0.919. The Kier molecular flexibility index (Phi) is 4.36. The second-order valence-corrected chi connectivity index (χ2v) is 5.84. The Morgan fingerprint density at radius 3 is 2.88 bits per heavy atom. The van der Waals surface area contributed by atoms with E-state index in [0.717, 1.165) is 18.9 Å². The highest BCUT2D eigenvalue weighted by Crippen LogP contribution is 2.27. The van der Waals surface area contributed by atoms with Crippen LogP contribution < -0.4 is 5.32 Å². The van der Waals surface area contributed by atoms with Crippen molar-refractivity contribution < 1.29 is 0 Å². The Balaban J connectivity index is 1.69. The zero-order valence-electron chi connectivity index (χ0n) is 10.3. The van der Waals surface area contributed by atoms with Gasteiger partial charge in [0.1, 0.15) is 0 Å². The topological polar surface area (TPSA) is 24.9 Å². The minimum atomic E-state index is 0.690. The van der Waals surface area contributed by atoms with Gasteiger partial charge in [-0.2, -0.15) is 0 Å². The van der Waals surface area contributed by atoms with Crippen molar-refractivity contribution in [3.8, 4) is 0 Å². The SMILES string of the molecule is Cc1ncsc1CCN[C@H](C)C1CCCC1. The van der Waals surface area contributed by atoms with Crippen molar-refractivity contribution in [1.29, 1.82) is 0 Å². The molecule has 1 heterocycles. The molecule has 1 atom stereocenters. The lowest BCUT2D eigenvalue weighted by atomic mass is 10.00. The van der Waals surface area contributed by atoms with E-state index in [1.54, 1.807) is 11.3 Å². The Bertz CT molecular complexity index is 315. The molecule has 1 N–H and O–H groups in total. The zero-order valence-corrected chi connectivity index (χ0v) is 11.1. The molecule has 2 nitrogen and oxygen atoms in total. The predicted octanol–water partition coefficient (Wildman–Crippen LogP) is 3.16. The van der Waals surface area contributed by atoms with Crippen LogP contribution in [0.3, 0.4) is 0 Å². The van der Waals surface area contributed by atoms with Crippen molar-refractivity contribution in [2.45, 2.75) is 52.0 Å². The highest BCUT2D eigenvalue weighted by Gasteiger charge is 2.20. The second kappa shape index (κ2) is 5.78. The lowest BCUT2D eigenvalue weighted by Crippen LogP contribution is -2.33. The van der Waals surface area contributed by atoms with Crippen LogP contribution in [0.2, 0.25) is 0 Å². The van der Waals surface area contributed by atoms with Crippen molar-refractivity contribution in [2.75, 3.05) is 6.54 Å². The summed E-state index contributed by atoms with van der Waals surface area (Å²) >= 11 is 1.78. The van der Waals surface area contributed by atoms with Crippen molar-refractivity contribution >= 4 is 11.3 Å². The van der Waals surface area contributed by atoms with E-state index in [-0.39, 0.29) is 0 Å². The third kappa shape index (κ3) is 3.05. The van der Waals surface area contributed by atoms with Gasteiger partial charge < -0.3 is 5.32 Å². The first-order valence-corrected chi connectivity index (χ1v) is 7.27. The largest absolute Gasteiger partial charge is 0.314 e. The van der Waals surface area contributed by atoms with Gasteiger partial charge in [-0.1, -0.05) is 12.8 Å². The third-order valence-corrected chi connectivity index (χ3v) is 4.77. The first-order chi connectivity index (χ1) is 7.77. The van der Waals surface area contributed by atoms with E-state index in [4.69, 9.17) is 0 Å². The maximum Gasteiger partial charge on any atom is 0.0797 e. The average Bonchev–Trinajstić information content (AvgIpc) is 2.90. The zero-order chi connectivity index (χ0) is 11.4. The molecule has 0 amide bonds. The van der Waals surface area contributed by atoms with Crippen molar-refractivity contribution in [1.82, 2.24) is 10.3 Å². The number of thiazole rings is 1. The average molecular weight is 238 g/mol. The molecule has 1 aliphatic carbocycles. The van der Waals surface area contributed by atoms with Crippen molar-refractivity contribution in [3.05, 3.63) is 16.1 Å². The molecule has 0 saturated heterocycles. The Hall–Kier alpha value is -0.410. The van der Waals surface area contributed by atoms with Crippen LogP contribution in [0.1, 0.15) is 43.2 Å². The molecule has 1 aliphatic rings. The summed E-state index contributed by atoms with van der Waals surface area (Å²) in [6, 6.07) is 0.690. The van der Waals surface area contributed by atoms with E-state index in [1.165, 1.54) is 36.3 Å². The van der Waals surface area contributed by atoms with Crippen LogP contribution in [0, 0.1) is 12.8 Å². The smallest absolute Gasteiger partial charge is 0.0797 e. The van der Waals surface area contributed by atoms with Crippen molar-refractivity contribution in [3.63, 3.8) is 0 Å². The fourth-order valence-corrected chi connectivity index (χ4v) is 3.38. The molecule has 16 heavy (non-hydrogen) atoms. The van der Waals surface area contributed by atoms with E-state index in [0.29, 0.717) is 6.04 Å². The molecule has 3 heteroatoms. The van der Waals surface area contributed by atoms with E-state index >= 15 is 0 Å². The van der Waals surface area contributed by atoms with Gasteiger partial charge >= 0.3 is 0 Å². The summed E-state index contributed by atoms with van der Waals surface area (Å²) in [6.07, 6.45) is 6.85. The fraction of sp³-hybridized carbons (Fsp3) is 0.769. The number of hydrogen-bond acceptors (Lipinski definition) is 3. The first kappa shape index (κ1) is 12.1. The molecule has 0 bridgehead atoms. The van der Waals surface area contributed by atoms with E-state index in [1.807, 2.05) is 5.51 Å². The third-order valence-electron chi connectivity index (χ3n) is 3.77. The lowest BCUT2D eigenvalue weighted by Gasteiger charge is -2.20. The Morgan fingerprint density at radius 2 is 2.25 bits per heavy atom. The summed E-state index contributed by atoms with van der Waals surface area (Å²) in [5, 5.41) is 3.67. The fourth-order valence-electron chi connectivity index (χ4n) is 2.60. The maximum atomic E-state index is 4.28. The molecule has 0 spiro atoms. The normalized spacial score (nSPS) is 19.1. The second-order valence-electron chi connectivity index (χ2n) is 4.90. The van der Waals surface area contributed by atoms with Gasteiger partial charge in [-0.25, -0.2) is 4.98 Å². The molecular formula is C13H22N2S. The maximum absolute atomic E-state index is 4.28. The van der Waals surface area contributed by atoms with Crippen LogP contribution in [0.15, 0.2) is 5.51 Å². The van der Waals surface area contributed by atoms with E-state index in [9.17, 15) is 0 Å². The monoisotopic (exact) mass is 238 g/mol. The summed E-state index contributed by atoms with van der Waals surface area (Å²) in [5.41, 5.74) is 3.16. The Morgan fingerprint density at radius 1 is 1.50 bits per heavy atom. The molecule has 0 radical (unpaired) electrons. The molecule has 2 rings (SSSR count). The number of aromatic nitrogens is 1. The highest BCUT2D eigenvalue weighted by molar-refractivity contribution is 7.09. The van der Waals surface area contributed by atoms with Crippen LogP contribution in [0.5, 0.6) is 0 Å². The first-order valence-electron chi connectivity index (χ1n) is 6.39. The molecule has 1 fully saturated rings. The minimum Gasteiger partial charge on any atom is -0.314 e. The van der Waals surface area contributed by atoms with Gasteiger partial charge in [-0.05, 0) is 39.0 Å². The van der Waals surface area contributed by atoms with Crippen LogP contribution >= 0.6 is 11.3 Å². The van der Waals surface area contributed by atoms with Crippen LogP contribution in [-0.2, 0) is 6.42 Å². The molecule has 90 valence electrons. The highest BCUT2D eigenvalue weighted by atomic mass is 32.1. The van der Waals surface area contributed by atoms with Gasteiger partial charge in [0.25, 0.3) is 0 Å². The van der Waals surface area contributed by atoms with Gasteiger partial charge in [-0.3, -0.25) is 0 Å². The molecule has 0 aromatic carbocycles. The van der Waals surface area contributed by atoms with Gasteiger partial charge in [0.2, 0.25) is 0 Å². The summed E-state index contributed by atoms with van der Waals surface area (Å²) in [7, 11) is 0. The molecule has 1 aromatic rings. The standard InChI is InChI=1S/C13H22N2S/c1-10(12-5-3-4-6-12)14-8-7-13-11(2)15-9-16-13/h9-10,12,14H,3-8H2,1-2H3/t10-/m1/s1. The van der Waals surface area contributed by atoms with Crippen LogP contribution in [0.25, 0.3) is 0 Å². The molecule has 0 aliphatic heterocycles. The van der Waals surface area contributed by atoms with Crippen LogP contribution in [-0.4, -0.2) is 17.6 Å². The van der Waals surface area contributed by atoms with E-state index < -0.39 is 0 Å². The minimum absolute atomic E-state index is 0.690. The lowest BCUT2D eigenvalue weighted by molar-refractivity contribution is 0.384. The Labute approximate surface area is 102 Å². The number of nitrogens with zero attached hydrogens (tertiary/aromatic N) is 1. The van der Waals surface area contributed by atoms with Gasteiger partial charge in [0.05, 0.1) is 11.2 Å². The van der Waals surface area contributed by atoms with Gasteiger partial charge in [0.15, 0.2) is 0 Å². The summed E-state index contributed by atoms with van der Waals surface area (Å²) in [6.45, 7) is 5.54. The number of aryl methyl sites for hydroxylation is 1. The van der Waals surface area contributed by atoms with Crippen LogP contribution in [0.4, 0.5) is 0 Å². The summed E-state index contributed by atoms with van der Waals surface area (Å²) in [4.78, 5) is 5.72. The number of nitrogens with one attached hydrogen (secondary N) is 1. The summed E-state index contributed by atoms with van der Waals surface area (Å²) < 4.78 is 0. The number of rotatable bonds is 5. The molecule has 0 unspecified atom stereocenters. The van der Waals surface area contributed by atoms with Gasteiger partial charge in [-0.15, -0.1) is 11.3 Å².